The molecule has 0 unspecified atom stereocenters. The second-order valence-corrected chi connectivity index (χ2v) is 5.92. The summed E-state index contributed by atoms with van der Waals surface area (Å²) in [4.78, 5) is 1.29. The molecule has 0 amide bonds. The highest BCUT2D eigenvalue weighted by atomic mass is 32.1. The number of thiophene rings is 1. The Morgan fingerprint density at radius 2 is 1.56 bits per heavy atom. The molecule has 1 aromatic carbocycles. The number of nitrogens with two attached hydrogens (primary N) is 1. The second kappa shape index (κ2) is 4.65. The molecule has 0 bridgehead atoms. The number of benzene rings is 1. The molecule has 3 heteroatoms. The highest BCUT2D eigenvalue weighted by Crippen LogP contribution is 2.41. The van der Waals surface area contributed by atoms with Gasteiger partial charge >= 0.3 is 0 Å². The smallest absolute Gasteiger partial charge is 0.119 e. The fraction of sp³-hybridized carbons (Fsp3) is 0.333. The minimum absolute atomic E-state index is 0.900. The maximum absolute atomic E-state index is 6.17. The van der Waals surface area contributed by atoms with Crippen LogP contribution in [0.1, 0.15) is 21.6 Å². The van der Waals surface area contributed by atoms with Crippen molar-refractivity contribution in [2.24, 2.45) is 0 Å². The van der Waals surface area contributed by atoms with Crippen LogP contribution in [0.15, 0.2) is 12.1 Å². The molecule has 0 saturated carbocycles. The van der Waals surface area contributed by atoms with Gasteiger partial charge in [-0.1, -0.05) is 0 Å². The van der Waals surface area contributed by atoms with Gasteiger partial charge in [0.15, 0.2) is 0 Å². The lowest BCUT2D eigenvalue weighted by Gasteiger charge is -2.13. The van der Waals surface area contributed by atoms with Crippen molar-refractivity contribution in [1.29, 1.82) is 0 Å². The lowest BCUT2D eigenvalue weighted by molar-refractivity contribution is 0.414. The van der Waals surface area contributed by atoms with E-state index in [0.717, 1.165) is 10.8 Å². The average molecular weight is 261 g/mol. The maximum atomic E-state index is 6.17. The van der Waals surface area contributed by atoms with E-state index in [0.29, 0.717) is 0 Å². The molecule has 1 aromatic heterocycles. The molecule has 0 fully saturated rings. The molecule has 0 atom stereocenters. The zero-order chi connectivity index (χ0) is 13.4. The number of hydrogen-bond donors (Lipinski definition) is 1. The Balaban J connectivity index is 2.71. The van der Waals surface area contributed by atoms with E-state index in [4.69, 9.17) is 10.5 Å². The van der Waals surface area contributed by atoms with Gasteiger partial charge in [0.25, 0.3) is 0 Å². The summed E-state index contributed by atoms with van der Waals surface area (Å²) in [6, 6.07) is 4.13. The summed E-state index contributed by atoms with van der Waals surface area (Å²) in [6.07, 6.45) is 0. The molecule has 0 saturated heterocycles. The van der Waals surface area contributed by atoms with Gasteiger partial charge in [-0.25, -0.2) is 0 Å². The highest BCUT2D eigenvalue weighted by molar-refractivity contribution is 7.16. The molecule has 0 aliphatic heterocycles. The van der Waals surface area contributed by atoms with Crippen molar-refractivity contribution in [2.75, 3.05) is 12.8 Å². The third-order valence-corrected chi connectivity index (χ3v) is 4.44. The van der Waals surface area contributed by atoms with E-state index >= 15 is 0 Å². The lowest BCUT2D eigenvalue weighted by Crippen LogP contribution is -1.94. The topological polar surface area (TPSA) is 35.2 Å². The molecular formula is C15H19NOS. The summed E-state index contributed by atoms with van der Waals surface area (Å²) in [6.45, 7) is 8.47. The number of anilines is 1. The minimum atomic E-state index is 0.900. The van der Waals surface area contributed by atoms with E-state index in [9.17, 15) is 0 Å². The predicted octanol–water partition coefficient (Wildman–Crippen LogP) is 4.24. The monoisotopic (exact) mass is 261 g/mol. The minimum Gasteiger partial charge on any atom is -0.497 e. The van der Waals surface area contributed by atoms with Gasteiger partial charge in [0.05, 0.1) is 12.1 Å². The zero-order valence-corrected chi connectivity index (χ0v) is 12.4. The van der Waals surface area contributed by atoms with E-state index in [2.05, 4.69) is 39.8 Å². The van der Waals surface area contributed by atoms with Crippen molar-refractivity contribution < 1.29 is 4.74 Å². The molecule has 2 aromatic rings. The summed E-state index contributed by atoms with van der Waals surface area (Å²) >= 11 is 1.66. The van der Waals surface area contributed by atoms with Crippen LogP contribution in [0.4, 0.5) is 5.00 Å². The van der Waals surface area contributed by atoms with Crippen LogP contribution in [0.25, 0.3) is 11.1 Å². The van der Waals surface area contributed by atoms with E-state index in [1.54, 1.807) is 18.4 Å². The summed E-state index contributed by atoms with van der Waals surface area (Å²) in [5.41, 5.74) is 12.3. The number of aryl methyl sites for hydroxylation is 3. The Labute approximate surface area is 112 Å². The van der Waals surface area contributed by atoms with Crippen molar-refractivity contribution in [1.82, 2.24) is 0 Å². The lowest BCUT2D eigenvalue weighted by atomic mass is 9.94. The van der Waals surface area contributed by atoms with E-state index in [1.807, 2.05) is 0 Å². The van der Waals surface area contributed by atoms with Crippen LogP contribution in [0, 0.1) is 27.7 Å². The quantitative estimate of drug-likeness (QED) is 0.877. The Kier molecular flexibility index (Phi) is 3.35. The van der Waals surface area contributed by atoms with Gasteiger partial charge in [0, 0.05) is 10.4 Å². The zero-order valence-electron chi connectivity index (χ0n) is 11.5. The van der Waals surface area contributed by atoms with Gasteiger partial charge in [0.1, 0.15) is 5.75 Å². The standard InChI is InChI=1S/C15H19NOS/c1-8-6-12(17-5)7-9(2)13(8)14-10(3)11(4)18-15(14)16/h6-7H,16H2,1-5H3. The van der Waals surface area contributed by atoms with Crippen LogP contribution in [0.2, 0.25) is 0 Å². The molecule has 18 heavy (non-hydrogen) atoms. The van der Waals surface area contributed by atoms with Gasteiger partial charge in [0.2, 0.25) is 0 Å². The third-order valence-electron chi connectivity index (χ3n) is 3.40. The summed E-state index contributed by atoms with van der Waals surface area (Å²) in [5, 5.41) is 0.904. The van der Waals surface area contributed by atoms with Crippen molar-refractivity contribution in [3.8, 4) is 16.9 Å². The third kappa shape index (κ3) is 1.99. The fourth-order valence-electron chi connectivity index (χ4n) is 2.40. The Morgan fingerprint density at radius 1 is 1.00 bits per heavy atom. The number of methoxy groups -OCH3 is 1. The van der Waals surface area contributed by atoms with Crippen LogP contribution in [-0.2, 0) is 0 Å². The number of hydrogen-bond acceptors (Lipinski definition) is 3. The highest BCUT2D eigenvalue weighted by Gasteiger charge is 2.16. The predicted molar refractivity (Wildman–Crippen MR) is 79.7 cm³/mol. The van der Waals surface area contributed by atoms with Crippen molar-refractivity contribution in [3.05, 3.63) is 33.7 Å². The largest absolute Gasteiger partial charge is 0.497 e. The molecule has 0 aliphatic rings. The van der Waals surface area contributed by atoms with Crippen LogP contribution < -0.4 is 10.5 Å². The van der Waals surface area contributed by atoms with Crippen LogP contribution in [0.5, 0.6) is 5.75 Å². The van der Waals surface area contributed by atoms with E-state index < -0.39 is 0 Å². The van der Waals surface area contributed by atoms with Crippen LogP contribution in [-0.4, -0.2) is 7.11 Å². The number of nitrogen functional groups attached to an aromatic ring is 1. The molecule has 2 rings (SSSR count). The Bertz CT molecular complexity index is 576. The van der Waals surface area contributed by atoms with Gasteiger partial charge in [-0.05, 0) is 62.1 Å². The molecule has 1 heterocycles. The molecule has 2 nitrogen and oxygen atoms in total. The van der Waals surface area contributed by atoms with Crippen molar-refractivity contribution >= 4 is 16.3 Å². The van der Waals surface area contributed by atoms with Crippen molar-refractivity contribution in [2.45, 2.75) is 27.7 Å². The van der Waals surface area contributed by atoms with Gasteiger partial charge < -0.3 is 10.5 Å². The first kappa shape index (κ1) is 13.0. The average Bonchev–Trinajstić information content (AvgIpc) is 2.54. The SMILES string of the molecule is COc1cc(C)c(-c2c(N)sc(C)c2C)c(C)c1. The first-order valence-corrected chi connectivity index (χ1v) is 6.78. The summed E-state index contributed by atoms with van der Waals surface area (Å²) < 4.78 is 5.30. The van der Waals surface area contributed by atoms with Crippen LogP contribution in [0.3, 0.4) is 0 Å². The van der Waals surface area contributed by atoms with Crippen molar-refractivity contribution in [3.63, 3.8) is 0 Å². The molecule has 0 spiro atoms. The molecule has 0 aliphatic carbocycles. The van der Waals surface area contributed by atoms with E-state index in [-0.39, 0.29) is 0 Å². The number of ether oxygens (including phenoxy) is 1. The van der Waals surface area contributed by atoms with Crippen LogP contribution >= 0.6 is 11.3 Å². The maximum Gasteiger partial charge on any atom is 0.119 e. The van der Waals surface area contributed by atoms with Gasteiger partial charge in [-0.2, -0.15) is 0 Å². The Hall–Kier alpha value is -1.48. The number of rotatable bonds is 2. The summed E-state index contributed by atoms with van der Waals surface area (Å²) in [7, 11) is 1.70. The molecule has 2 N–H and O–H groups in total. The normalized spacial score (nSPS) is 10.7. The molecule has 0 radical (unpaired) electrons. The Morgan fingerprint density at radius 3 is 1.94 bits per heavy atom. The molecule has 96 valence electrons. The van der Waals surface area contributed by atoms with Gasteiger partial charge in [-0.3, -0.25) is 0 Å². The second-order valence-electron chi connectivity index (χ2n) is 4.66. The fourth-order valence-corrected chi connectivity index (χ4v) is 3.34. The van der Waals surface area contributed by atoms with Gasteiger partial charge in [-0.15, -0.1) is 11.3 Å². The first-order chi connectivity index (χ1) is 8.45. The summed E-state index contributed by atoms with van der Waals surface area (Å²) in [5.74, 6) is 0.900. The molecular weight excluding hydrogens is 242 g/mol. The van der Waals surface area contributed by atoms with E-state index in [1.165, 1.54) is 32.7 Å². The first-order valence-electron chi connectivity index (χ1n) is 5.96.